The van der Waals surface area contributed by atoms with E-state index in [1.165, 1.54) is 11.1 Å². The van der Waals surface area contributed by atoms with E-state index in [9.17, 15) is 4.79 Å². The van der Waals surface area contributed by atoms with Crippen LogP contribution in [0, 0.1) is 6.92 Å². The normalized spacial score (nSPS) is 16.8. The van der Waals surface area contributed by atoms with Crippen molar-refractivity contribution in [3.8, 4) is 0 Å². The summed E-state index contributed by atoms with van der Waals surface area (Å²) in [6.07, 6.45) is 3.92. The highest BCUT2D eigenvalue weighted by molar-refractivity contribution is 5.93. The number of aryl methyl sites for hydroxylation is 3. The van der Waals surface area contributed by atoms with Gasteiger partial charge in [0.15, 0.2) is 0 Å². The first-order valence-electron chi connectivity index (χ1n) is 8.39. The van der Waals surface area contributed by atoms with Crippen molar-refractivity contribution in [2.45, 2.75) is 19.4 Å². The molecule has 0 aliphatic carbocycles. The van der Waals surface area contributed by atoms with Crippen molar-refractivity contribution < 1.29 is 4.79 Å². The Labute approximate surface area is 146 Å². The van der Waals surface area contributed by atoms with Gasteiger partial charge in [-0.1, -0.05) is 24.3 Å². The molecular formula is C19H21N5O. The number of amides is 1. The van der Waals surface area contributed by atoms with Crippen LogP contribution in [0.4, 0.5) is 0 Å². The van der Waals surface area contributed by atoms with E-state index in [2.05, 4.69) is 28.4 Å². The Balaban J connectivity index is 1.72. The van der Waals surface area contributed by atoms with Crippen molar-refractivity contribution >= 4 is 5.91 Å². The van der Waals surface area contributed by atoms with E-state index in [1.807, 2.05) is 55.1 Å². The molecule has 2 aromatic heterocycles. The van der Waals surface area contributed by atoms with Crippen LogP contribution in [-0.2, 0) is 20.6 Å². The summed E-state index contributed by atoms with van der Waals surface area (Å²) in [4.78, 5) is 15.0. The summed E-state index contributed by atoms with van der Waals surface area (Å²) in [5.74, 6) is 0.156. The molecule has 25 heavy (non-hydrogen) atoms. The number of fused-ring (bicyclic) bond motifs is 1. The van der Waals surface area contributed by atoms with Gasteiger partial charge in [0.05, 0.1) is 11.9 Å². The smallest absolute Gasteiger partial charge is 0.272 e. The van der Waals surface area contributed by atoms with Gasteiger partial charge in [-0.15, -0.1) is 0 Å². The summed E-state index contributed by atoms with van der Waals surface area (Å²) < 4.78 is 3.47. The molecule has 0 saturated carbocycles. The fourth-order valence-corrected chi connectivity index (χ4v) is 3.64. The van der Waals surface area contributed by atoms with E-state index >= 15 is 0 Å². The minimum atomic E-state index is 0.0199. The monoisotopic (exact) mass is 335 g/mol. The van der Waals surface area contributed by atoms with Gasteiger partial charge >= 0.3 is 0 Å². The third-order valence-electron chi connectivity index (χ3n) is 4.83. The minimum Gasteiger partial charge on any atom is -0.332 e. The first-order valence-corrected chi connectivity index (χ1v) is 8.39. The van der Waals surface area contributed by atoms with Gasteiger partial charge in [0.25, 0.3) is 5.91 Å². The molecular weight excluding hydrogens is 314 g/mol. The Morgan fingerprint density at radius 3 is 2.72 bits per heavy atom. The molecule has 4 rings (SSSR count). The standard InChI is InChI=1S/C19H21N5O/c1-13-8-18(23(3)21-13)19(25)24-11-14-6-4-5-7-16(14)17(12-24)15-9-20-22(2)10-15/h4-10,17H,11-12H2,1-3H3. The number of hydrogen-bond acceptors (Lipinski definition) is 3. The molecule has 0 spiro atoms. The largest absolute Gasteiger partial charge is 0.332 e. The Hall–Kier alpha value is -2.89. The van der Waals surface area contributed by atoms with Crippen molar-refractivity contribution in [2.75, 3.05) is 6.54 Å². The number of carbonyl (C=O) groups excluding carboxylic acids is 1. The molecule has 3 aromatic rings. The lowest BCUT2D eigenvalue weighted by Crippen LogP contribution is -2.39. The number of carbonyl (C=O) groups is 1. The lowest BCUT2D eigenvalue weighted by Gasteiger charge is -2.34. The van der Waals surface area contributed by atoms with E-state index in [-0.39, 0.29) is 11.8 Å². The van der Waals surface area contributed by atoms with Crippen LogP contribution >= 0.6 is 0 Å². The van der Waals surface area contributed by atoms with Crippen molar-refractivity contribution in [2.24, 2.45) is 14.1 Å². The second-order valence-corrected chi connectivity index (χ2v) is 6.68. The molecule has 1 amide bonds. The highest BCUT2D eigenvalue weighted by Gasteiger charge is 2.31. The average molecular weight is 335 g/mol. The molecule has 6 heteroatoms. The SMILES string of the molecule is Cc1cc(C(=O)N2Cc3ccccc3C(c3cnn(C)c3)C2)n(C)n1. The third-order valence-corrected chi connectivity index (χ3v) is 4.83. The molecule has 128 valence electrons. The molecule has 1 aliphatic heterocycles. The third kappa shape index (κ3) is 2.73. The molecule has 0 saturated heterocycles. The molecule has 0 N–H and O–H groups in total. The molecule has 0 bridgehead atoms. The predicted octanol–water partition coefficient (Wildman–Crippen LogP) is 2.25. The zero-order valence-electron chi connectivity index (χ0n) is 14.7. The van der Waals surface area contributed by atoms with Gasteiger partial charge in [-0.05, 0) is 29.7 Å². The number of rotatable bonds is 2. The second kappa shape index (κ2) is 5.88. The minimum absolute atomic E-state index is 0.0199. The van der Waals surface area contributed by atoms with Crippen LogP contribution in [0.3, 0.4) is 0 Å². The van der Waals surface area contributed by atoms with Gasteiger partial charge in [-0.3, -0.25) is 14.2 Å². The molecule has 1 unspecified atom stereocenters. The first kappa shape index (κ1) is 15.6. The average Bonchev–Trinajstić information content (AvgIpc) is 3.18. The number of benzene rings is 1. The molecule has 6 nitrogen and oxygen atoms in total. The van der Waals surface area contributed by atoms with Gasteiger partial charge in [-0.2, -0.15) is 10.2 Å². The van der Waals surface area contributed by atoms with Crippen molar-refractivity contribution in [3.05, 3.63) is 70.8 Å². The van der Waals surface area contributed by atoms with Crippen molar-refractivity contribution in [3.63, 3.8) is 0 Å². The lowest BCUT2D eigenvalue weighted by atomic mass is 9.86. The maximum atomic E-state index is 13.1. The van der Waals surface area contributed by atoms with Crippen molar-refractivity contribution in [1.29, 1.82) is 0 Å². The summed E-state index contributed by atoms with van der Waals surface area (Å²) in [5, 5.41) is 8.62. The Kier molecular flexibility index (Phi) is 3.67. The second-order valence-electron chi connectivity index (χ2n) is 6.68. The lowest BCUT2D eigenvalue weighted by molar-refractivity contribution is 0.0714. The van der Waals surface area contributed by atoms with Gasteiger partial charge in [-0.25, -0.2) is 0 Å². The molecule has 1 aliphatic rings. The summed E-state index contributed by atoms with van der Waals surface area (Å²) in [6, 6.07) is 10.2. The van der Waals surface area contributed by atoms with Crippen molar-refractivity contribution in [1.82, 2.24) is 24.5 Å². The van der Waals surface area contributed by atoms with Crippen LogP contribution in [0.2, 0.25) is 0 Å². The number of aromatic nitrogens is 4. The zero-order valence-corrected chi connectivity index (χ0v) is 14.7. The zero-order chi connectivity index (χ0) is 17.6. The van der Waals surface area contributed by atoms with Crippen LogP contribution in [0.5, 0.6) is 0 Å². The van der Waals surface area contributed by atoms with Gasteiger partial charge in [0.1, 0.15) is 5.69 Å². The summed E-state index contributed by atoms with van der Waals surface area (Å²) in [5.41, 5.74) is 5.08. The fourth-order valence-electron chi connectivity index (χ4n) is 3.64. The Morgan fingerprint density at radius 2 is 2.04 bits per heavy atom. The fraction of sp³-hybridized carbons (Fsp3) is 0.316. The van der Waals surface area contributed by atoms with E-state index in [4.69, 9.17) is 0 Å². The van der Waals surface area contributed by atoms with Crippen LogP contribution in [0.15, 0.2) is 42.7 Å². The number of hydrogen-bond donors (Lipinski definition) is 0. The van der Waals surface area contributed by atoms with Gasteiger partial charge < -0.3 is 4.90 Å². The predicted molar refractivity (Wildman–Crippen MR) is 94.2 cm³/mol. The van der Waals surface area contributed by atoms with Crippen LogP contribution in [0.1, 0.15) is 38.8 Å². The Morgan fingerprint density at radius 1 is 1.24 bits per heavy atom. The van der Waals surface area contributed by atoms with Crippen LogP contribution in [-0.4, -0.2) is 36.9 Å². The number of nitrogens with zero attached hydrogens (tertiary/aromatic N) is 5. The van der Waals surface area contributed by atoms with Crippen LogP contribution < -0.4 is 0 Å². The van der Waals surface area contributed by atoms with E-state index in [1.54, 1.807) is 4.68 Å². The molecule has 0 radical (unpaired) electrons. The van der Waals surface area contributed by atoms with Crippen LogP contribution in [0.25, 0.3) is 0 Å². The van der Waals surface area contributed by atoms with E-state index in [0.717, 1.165) is 11.3 Å². The van der Waals surface area contributed by atoms with E-state index < -0.39 is 0 Å². The first-order chi connectivity index (χ1) is 12.0. The summed E-state index contributed by atoms with van der Waals surface area (Å²) in [7, 11) is 3.73. The topological polar surface area (TPSA) is 56.0 Å². The summed E-state index contributed by atoms with van der Waals surface area (Å²) >= 11 is 0. The Bertz CT molecular complexity index is 939. The quantitative estimate of drug-likeness (QED) is 0.722. The van der Waals surface area contributed by atoms with Gasteiger partial charge in [0, 0.05) is 39.3 Å². The maximum Gasteiger partial charge on any atom is 0.272 e. The molecule has 3 heterocycles. The van der Waals surface area contributed by atoms with Gasteiger partial charge in [0.2, 0.25) is 0 Å². The maximum absolute atomic E-state index is 13.1. The summed E-state index contributed by atoms with van der Waals surface area (Å²) in [6.45, 7) is 3.17. The molecule has 1 aromatic carbocycles. The molecule has 0 fully saturated rings. The highest BCUT2D eigenvalue weighted by atomic mass is 16.2. The molecule has 1 atom stereocenters. The highest BCUT2D eigenvalue weighted by Crippen LogP contribution is 2.33. The van der Waals surface area contributed by atoms with E-state index in [0.29, 0.717) is 18.8 Å².